The van der Waals surface area contributed by atoms with E-state index in [4.69, 9.17) is 0 Å². The van der Waals surface area contributed by atoms with Crippen molar-refractivity contribution in [1.82, 2.24) is 0 Å². The van der Waals surface area contributed by atoms with Gasteiger partial charge in [-0.05, 0) is 52.0 Å². The fraction of sp³-hybridized carbons (Fsp3) is 0.163. The van der Waals surface area contributed by atoms with Gasteiger partial charge in [0, 0.05) is 22.7 Å². The Kier molecular flexibility index (Phi) is 7.03. The van der Waals surface area contributed by atoms with Gasteiger partial charge in [-0.15, -0.1) is 0 Å². The van der Waals surface area contributed by atoms with E-state index >= 15 is 0 Å². The van der Waals surface area contributed by atoms with Crippen LogP contribution < -0.4 is 15.3 Å². The average molecular weight is 598 g/mol. The standard InChI is InChI=1S/C43H39NSi/c1-43(33-16-6-2-7-17-33)30-28-37(29-31-43)45(35-20-10-4-11-21-35,36-22-12-5-13-23-36)38-26-27-40-39-24-14-15-25-41(39)44(42(40)32-38)34-18-8-3-9-19-34/h2-30,38-39,41H,31-32H2,1H3. The Hall–Kier alpha value is -4.66. The number of rotatable bonds is 6. The smallest absolute Gasteiger partial charge is 0.154 e. The second-order valence-electron chi connectivity index (χ2n) is 13.1. The molecule has 1 nitrogen and oxygen atoms in total. The molecule has 8 rings (SSSR count). The summed E-state index contributed by atoms with van der Waals surface area (Å²) in [4.78, 5) is 2.64. The third kappa shape index (κ3) is 4.59. The molecule has 0 fully saturated rings. The zero-order chi connectivity index (χ0) is 30.3. The number of anilines is 1. The number of nitrogens with zero attached hydrogens (tertiary/aromatic N) is 1. The van der Waals surface area contributed by atoms with Crippen molar-refractivity contribution >= 4 is 24.1 Å². The highest BCUT2D eigenvalue weighted by atomic mass is 28.3. The van der Waals surface area contributed by atoms with Crippen molar-refractivity contribution < 1.29 is 0 Å². The first-order valence-electron chi connectivity index (χ1n) is 16.4. The Morgan fingerprint density at radius 2 is 1.27 bits per heavy atom. The third-order valence-corrected chi connectivity index (χ3v) is 15.9. The minimum Gasteiger partial charge on any atom is -0.337 e. The van der Waals surface area contributed by atoms with Gasteiger partial charge >= 0.3 is 0 Å². The first-order valence-corrected chi connectivity index (χ1v) is 18.4. The van der Waals surface area contributed by atoms with Gasteiger partial charge in [0.15, 0.2) is 8.07 Å². The number of allylic oxidation sites excluding steroid dienone is 9. The molecule has 2 heteroatoms. The van der Waals surface area contributed by atoms with Crippen molar-refractivity contribution in [2.45, 2.75) is 36.8 Å². The van der Waals surface area contributed by atoms with Crippen molar-refractivity contribution in [2.24, 2.45) is 5.92 Å². The molecule has 3 aliphatic carbocycles. The quantitative estimate of drug-likeness (QED) is 0.201. The first kappa shape index (κ1) is 27.9. The molecule has 0 N–H and O–H groups in total. The maximum absolute atomic E-state index is 2.64. The molecule has 1 aliphatic heterocycles. The highest BCUT2D eigenvalue weighted by Crippen LogP contribution is 2.50. The van der Waals surface area contributed by atoms with Crippen LogP contribution in [0, 0.1) is 5.92 Å². The predicted octanol–water partition coefficient (Wildman–Crippen LogP) is 8.85. The summed E-state index contributed by atoms with van der Waals surface area (Å²) in [6, 6.07) is 45.3. The van der Waals surface area contributed by atoms with Crippen LogP contribution in [0.4, 0.5) is 5.69 Å². The fourth-order valence-electron chi connectivity index (χ4n) is 8.38. The van der Waals surface area contributed by atoms with Crippen LogP contribution in [0.5, 0.6) is 0 Å². The van der Waals surface area contributed by atoms with Crippen molar-refractivity contribution in [3.8, 4) is 0 Å². The number of para-hydroxylation sites is 1. The monoisotopic (exact) mass is 597 g/mol. The topological polar surface area (TPSA) is 3.24 Å². The SMILES string of the molecule is CC1(c2ccccc2)C=CC([Si](c2ccccc2)(c2ccccc2)C2C=CC3=C(C2)N(c2ccccc2)C2C=CC=CC32)=CC1. The summed E-state index contributed by atoms with van der Waals surface area (Å²) in [5, 5.41) is 4.49. The van der Waals surface area contributed by atoms with E-state index in [-0.39, 0.29) is 5.41 Å². The Labute approximate surface area is 269 Å². The molecule has 4 aromatic carbocycles. The summed E-state index contributed by atoms with van der Waals surface area (Å²) in [5.74, 6) is 0.382. The third-order valence-electron chi connectivity index (χ3n) is 10.6. The van der Waals surface area contributed by atoms with Crippen molar-refractivity contribution in [3.05, 3.63) is 198 Å². The molecule has 0 amide bonds. The zero-order valence-electron chi connectivity index (χ0n) is 25.8. The van der Waals surface area contributed by atoms with E-state index in [0.717, 1.165) is 12.8 Å². The number of fused-ring (bicyclic) bond motifs is 2. The number of hydrogen-bond donors (Lipinski definition) is 0. The van der Waals surface area contributed by atoms with Gasteiger partial charge in [-0.3, -0.25) is 0 Å². The molecule has 0 saturated heterocycles. The molecule has 0 radical (unpaired) electrons. The Balaban J connectivity index is 1.29. The first-order chi connectivity index (χ1) is 22.2. The number of benzene rings is 4. The van der Waals surface area contributed by atoms with Gasteiger partial charge in [-0.1, -0.05) is 176 Å². The molecule has 4 aromatic rings. The molecule has 220 valence electrons. The maximum Gasteiger partial charge on any atom is 0.154 e. The van der Waals surface area contributed by atoms with Crippen LogP contribution >= 0.6 is 0 Å². The van der Waals surface area contributed by atoms with Gasteiger partial charge in [-0.25, -0.2) is 0 Å². The van der Waals surface area contributed by atoms with Crippen molar-refractivity contribution in [2.75, 3.05) is 4.90 Å². The van der Waals surface area contributed by atoms with Gasteiger partial charge in [-0.2, -0.15) is 0 Å². The highest BCUT2D eigenvalue weighted by molar-refractivity contribution is 7.09. The van der Waals surface area contributed by atoms with E-state index in [9.17, 15) is 0 Å². The molecule has 0 saturated carbocycles. The van der Waals surface area contributed by atoms with Gasteiger partial charge < -0.3 is 4.90 Å². The van der Waals surface area contributed by atoms with Crippen molar-refractivity contribution in [3.63, 3.8) is 0 Å². The second kappa shape index (κ2) is 11.4. The lowest BCUT2D eigenvalue weighted by Gasteiger charge is -2.44. The maximum atomic E-state index is 2.64. The summed E-state index contributed by atoms with van der Waals surface area (Å²) in [5.41, 5.74) is 5.97. The Morgan fingerprint density at radius 1 is 0.667 bits per heavy atom. The summed E-state index contributed by atoms with van der Waals surface area (Å²) in [6.45, 7) is 2.39. The van der Waals surface area contributed by atoms with Crippen LogP contribution in [0.25, 0.3) is 0 Å². The molecule has 4 aliphatic rings. The van der Waals surface area contributed by atoms with E-state index in [1.807, 2.05) is 0 Å². The zero-order valence-corrected chi connectivity index (χ0v) is 26.8. The second-order valence-corrected chi connectivity index (χ2v) is 17.2. The van der Waals surface area contributed by atoms with Crippen LogP contribution in [0.1, 0.15) is 25.3 Å². The summed E-state index contributed by atoms with van der Waals surface area (Å²) < 4.78 is 0. The molecule has 0 spiro atoms. The molecule has 4 atom stereocenters. The van der Waals surface area contributed by atoms with Crippen LogP contribution in [0.15, 0.2) is 192 Å². The predicted molar refractivity (Wildman–Crippen MR) is 193 cm³/mol. The summed E-state index contributed by atoms with van der Waals surface area (Å²) >= 11 is 0. The van der Waals surface area contributed by atoms with Crippen LogP contribution in [0.2, 0.25) is 5.54 Å². The van der Waals surface area contributed by atoms with Crippen LogP contribution in [-0.4, -0.2) is 14.1 Å². The molecular weight excluding hydrogens is 559 g/mol. The lowest BCUT2D eigenvalue weighted by Crippen LogP contribution is -2.63. The lowest BCUT2D eigenvalue weighted by atomic mass is 9.77. The van der Waals surface area contributed by atoms with Crippen molar-refractivity contribution in [1.29, 1.82) is 0 Å². The van der Waals surface area contributed by atoms with E-state index in [0.29, 0.717) is 17.5 Å². The largest absolute Gasteiger partial charge is 0.337 e. The average Bonchev–Trinajstić information content (AvgIpc) is 3.45. The van der Waals surface area contributed by atoms with Gasteiger partial charge in [0.25, 0.3) is 0 Å². The molecule has 4 unspecified atom stereocenters. The Morgan fingerprint density at radius 3 is 1.89 bits per heavy atom. The molecule has 0 bridgehead atoms. The molecule has 45 heavy (non-hydrogen) atoms. The molecule has 1 heterocycles. The summed E-state index contributed by atoms with van der Waals surface area (Å²) in [6.07, 6.45) is 24.0. The number of hydrogen-bond acceptors (Lipinski definition) is 1. The van der Waals surface area contributed by atoms with Gasteiger partial charge in [0.1, 0.15) is 0 Å². The van der Waals surface area contributed by atoms with Crippen LogP contribution in [-0.2, 0) is 5.41 Å². The molecule has 0 aromatic heterocycles. The summed E-state index contributed by atoms with van der Waals surface area (Å²) in [7, 11) is -2.56. The van der Waals surface area contributed by atoms with E-state index in [1.54, 1.807) is 0 Å². The fourth-order valence-corrected chi connectivity index (χ4v) is 13.8. The highest BCUT2D eigenvalue weighted by Gasteiger charge is 2.50. The van der Waals surface area contributed by atoms with E-state index in [1.165, 1.54) is 38.1 Å². The minimum atomic E-state index is -2.56. The van der Waals surface area contributed by atoms with Gasteiger partial charge in [0.05, 0.1) is 6.04 Å². The van der Waals surface area contributed by atoms with E-state index < -0.39 is 8.07 Å². The van der Waals surface area contributed by atoms with E-state index in [2.05, 4.69) is 188 Å². The Bertz CT molecular complexity index is 1820. The van der Waals surface area contributed by atoms with Crippen LogP contribution in [0.3, 0.4) is 0 Å². The van der Waals surface area contributed by atoms with Gasteiger partial charge in [0.2, 0.25) is 0 Å². The lowest BCUT2D eigenvalue weighted by molar-refractivity contribution is 0.598. The minimum absolute atomic E-state index is 0.0136. The normalized spacial score (nSPS) is 25.2. The molecular formula is C43H39NSi.